The van der Waals surface area contributed by atoms with Crippen LogP contribution >= 0.6 is 0 Å². The summed E-state index contributed by atoms with van der Waals surface area (Å²) in [7, 11) is 0. The Balaban J connectivity index is 3.48. The monoisotopic (exact) mass is 200 g/mol. The van der Waals surface area contributed by atoms with Gasteiger partial charge in [-0.05, 0) is 13.3 Å². The first-order chi connectivity index (χ1) is 6.70. The van der Waals surface area contributed by atoms with Crippen LogP contribution in [0.3, 0.4) is 0 Å². The van der Waals surface area contributed by atoms with E-state index >= 15 is 0 Å². The quantitative estimate of drug-likeness (QED) is 0.411. The number of rotatable bonds is 6. The second-order valence-corrected chi connectivity index (χ2v) is 2.90. The molecule has 4 N–H and O–H groups in total. The van der Waals surface area contributed by atoms with Gasteiger partial charge in [0.15, 0.2) is 5.96 Å². The van der Waals surface area contributed by atoms with Crippen molar-refractivity contribution in [2.75, 3.05) is 19.6 Å². The molecule has 0 aromatic rings. The molecule has 0 radical (unpaired) electrons. The lowest BCUT2D eigenvalue weighted by Crippen LogP contribution is -2.35. The van der Waals surface area contributed by atoms with Crippen molar-refractivity contribution < 1.29 is 4.79 Å². The van der Waals surface area contributed by atoms with Crippen LogP contribution in [0.4, 0.5) is 0 Å². The fourth-order valence-electron chi connectivity index (χ4n) is 0.878. The lowest BCUT2D eigenvalue weighted by Gasteiger charge is -2.05. The van der Waals surface area contributed by atoms with Crippen LogP contribution in [0.15, 0.2) is 4.99 Å². The van der Waals surface area contributed by atoms with Crippen molar-refractivity contribution in [1.82, 2.24) is 10.6 Å². The molecule has 0 aromatic carbocycles. The second kappa shape index (κ2) is 8.34. The van der Waals surface area contributed by atoms with Gasteiger partial charge in [-0.15, -0.1) is 0 Å². The molecule has 14 heavy (non-hydrogen) atoms. The summed E-state index contributed by atoms with van der Waals surface area (Å²) in [6.07, 6.45) is 1.40. The first-order valence-corrected chi connectivity index (χ1v) is 5.01. The van der Waals surface area contributed by atoms with Gasteiger partial charge in [0.2, 0.25) is 5.91 Å². The lowest BCUT2D eigenvalue weighted by atomic mass is 10.4. The highest BCUT2D eigenvalue weighted by Crippen LogP contribution is 1.79. The molecule has 0 saturated heterocycles. The van der Waals surface area contributed by atoms with Crippen LogP contribution in [0.1, 0.15) is 26.7 Å². The van der Waals surface area contributed by atoms with Gasteiger partial charge in [0.05, 0.1) is 0 Å². The number of carbonyl (C=O) groups excluding carboxylic acids is 1. The molecule has 0 saturated carbocycles. The second-order valence-electron chi connectivity index (χ2n) is 2.90. The van der Waals surface area contributed by atoms with Crippen LogP contribution in [-0.2, 0) is 4.79 Å². The number of hydrogen-bond acceptors (Lipinski definition) is 2. The predicted octanol–water partition coefficient (Wildman–Crippen LogP) is -0.173. The van der Waals surface area contributed by atoms with Crippen molar-refractivity contribution in [1.29, 1.82) is 0 Å². The van der Waals surface area contributed by atoms with Crippen LogP contribution in [0.25, 0.3) is 0 Å². The van der Waals surface area contributed by atoms with Gasteiger partial charge in [0, 0.05) is 26.1 Å². The van der Waals surface area contributed by atoms with Gasteiger partial charge < -0.3 is 16.4 Å². The number of hydrogen-bond donors (Lipinski definition) is 3. The van der Waals surface area contributed by atoms with E-state index in [1.165, 1.54) is 0 Å². The van der Waals surface area contributed by atoms with Gasteiger partial charge in [-0.2, -0.15) is 0 Å². The van der Waals surface area contributed by atoms with Crippen molar-refractivity contribution in [2.45, 2.75) is 26.7 Å². The van der Waals surface area contributed by atoms with Crippen molar-refractivity contribution >= 4 is 11.9 Å². The molecular weight excluding hydrogens is 180 g/mol. The van der Waals surface area contributed by atoms with Gasteiger partial charge in [-0.1, -0.05) is 6.92 Å². The molecule has 0 rings (SSSR count). The Morgan fingerprint density at radius 3 is 2.64 bits per heavy atom. The Morgan fingerprint density at radius 1 is 1.36 bits per heavy atom. The van der Waals surface area contributed by atoms with Crippen molar-refractivity contribution in [3.05, 3.63) is 0 Å². The third-order valence-electron chi connectivity index (χ3n) is 1.54. The zero-order valence-corrected chi connectivity index (χ0v) is 8.97. The van der Waals surface area contributed by atoms with Crippen molar-refractivity contribution in [2.24, 2.45) is 10.7 Å². The minimum absolute atomic E-state index is 0.0308. The highest BCUT2D eigenvalue weighted by atomic mass is 16.1. The molecule has 0 atom stereocenters. The van der Waals surface area contributed by atoms with Crippen molar-refractivity contribution in [3.63, 3.8) is 0 Å². The van der Waals surface area contributed by atoms with Gasteiger partial charge in [0.25, 0.3) is 0 Å². The molecule has 0 aliphatic rings. The summed E-state index contributed by atoms with van der Waals surface area (Å²) in [4.78, 5) is 15.0. The molecule has 0 bridgehead atoms. The minimum atomic E-state index is 0.0308. The first-order valence-electron chi connectivity index (χ1n) is 5.01. The predicted molar refractivity (Wildman–Crippen MR) is 58.1 cm³/mol. The first kappa shape index (κ1) is 12.7. The molecule has 0 aromatic heterocycles. The molecule has 0 spiro atoms. The van der Waals surface area contributed by atoms with Gasteiger partial charge in [-0.25, -0.2) is 0 Å². The number of carbonyl (C=O) groups is 1. The highest BCUT2D eigenvalue weighted by Gasteiger charge is 1.98. The Kier molecular flexibility index (Phi) is 7.59. The maximum Gasteiger partial charge on any atom is 0.221 e. The molecular formula is C9H20N4O. The summed E-state index contributed by atoms with van der Waals surface area (Å²) in [6, 6.07) is 0. The molecule has 0 aliphatic heterocycles. The fraction of sp³-hybridized carbons (Fsp3) is 0.778. The summed E-state index contributed by atoms with van der Waals surface area (Å²) in [5.74, 6) is 0.444. The fourth-order valence-corrected chi connectivity index (χ4v) is 0.878. The van der Waals surface area contributed by atoms with E-state index in [-0.39, 0.29) is 5.91 Å². The summed E-state index contributed by atoms with van der Waals surface area (Å²) >= 11 is 0. The van der Waals surface area contributed by atoms with E-state index in [0.29, 0.717) is 25.5 Å². The van der Waals surface area contributed by atoms with E-state index in [4.69, 9.17) is 5.73 Å². The Labute approximate surface area is 85.2 Å². The topological polar surface area (TPSA) is 79.5 Å². The third-order valence-corrected chi connectivity index (χ3v) is 1.54. The average molecular weight is 200 g/mol. The van der Waals surface area contributed by atoms with Gasteiger partial charge in [0.1, 0.15) is 0 Å². The Bertz CT molecular complexity index is 191. The minimum Gasteiger partial charge on any atom is -0.370 e. The maximum atomic E-state index is 11.0. The van der Waals surface area contributed by atoms with E-state index in [0.717, 1.165) is 13.0 Å². The summed E-state index contributed by atoms with van der Waals surface area (Å²) in [5.41, 5.74) is 5.53. The molecule has 0 heterocycles. The largest absolute Gasteiger partial charge is 0.370 e. The standard InChI is InChI=1S/C9H20N4O/c1-3-6-12-9(10)13-7-5-8(14)11-4-2/h3-7H2,1-2H3,(H,11,14)(H3,10,12,13). The SMILES string of the molecule is CCCN=C(N)NCCC(=O)NCC. The molecule has 0 unspecified atom stereocenters. The van der Waals surface area contributed by atoms with E-state index in [2.05, 4.69) is 15.6 Å². The molecule has 1 amide bonds. The molecule has 0 aliphatic carbocycles. The van der Waals surface area contributed by atoms with E-state index in [1.807, 2.05) is 13.8 Å². The lowest BCUT2D eigenvalue weighted by molar-refractivity contribution is -0.120. The van der Waals surface area contributed by atoms with E-state index in [1.54, 1.807) is 0 Å². The molecule has 0 fully saturated rings. The third kappa shape index (κ3) is 7.39. The number of amides is 1. The smallest absolute Gasteiger partial charge is 0.221 e. The highest BCUT2D eigenvalue weighted by molar-refractivity contribution is 5.79. The summed E-state index contributed by atoms with van der Waals surface area (Å²) in [6.45, 7) is 5.84. The average Bonchev–Trinajstić information content (AvgIpc) is 2.15. The van der Waals surface area contributed by atoms with Gasteiger partial charge >= 0.3 is 0 Å². The van der Waals surface area contributed by atoms with Crippen molar-refractivity contribution in [3.8, 4) is 0 Å². The number of nitrogens with zero attached hydrogens (tertiary/aromatic N) is 1. The van der Waals surface area contributed by atoms with Crippen LogP contribution in [0, 0.1) is 0 Å². The maximum absolute atomic E-state index is 11.0. The van der Waals surface area contributed by atoms with Crippen LogP contribution in [0.2, 0.25) is 0 Å². The van der Waals surface area contributed by atoms with E-state index < -0.39 is 0 Å². The number of nitrogens with two attached hydrogens (primary N) is 1. The van der Waals surface area contributed by atoms with Gasteiger partial charge in [-0.3, -0.25) is 9.79 Å². The summed E-state index contributed by atoms with van der Waals surface area (Å²) < 4.78 is 0. The number of nitrogens with one attached hydrogen (secondary N) is 2. The van der Waals surface area contributed by atoms with Crippen LogP contribution < -0.4 is 16.4 Å². The molecule has 82 valence electrons. The number of guanidine groups is 1. The van der Waals surface area contributed by atoms with Crippen LogP contribution in [0.5, 0.6) is 0 Å². The summed E-state index contributed by atoms with van der Waals surface area (Å²) in [5, 5.41) is 5.58. The molecule has 5 heteroatoms. The zero-order valence-electron chi connectivity index (χ0n) is 8.97. The van der Waals surface area contributed by atoms with E-state index in [9.17, 15) is 4.79 Å². The number of aliphatic imine (C=N–C) groups is 1. The Hall–Kier alpha value is -1.26. The molecule has 5 nitrogen and oxygen atoms in total. The van der Waals surface area contributed by atoms with Crippen LogP contribution in [-0.4, -0.2) is 31.5 Å². The Morgan fingerprint density at radius 2 is 2.07 bits per heavy atom. The zero-order chi connectivity index (χ0) is 10.8. The normalized spacial score (nSPS) is 11.1.